The van der Waals surface area contributed by atoms with Crippen molar-refractivity contribution in [2.24, 2.45) is 0 Å². The van der Waals surface area contributed by atoms with Crippen molar-refractivity contribution in [2.75, 3.05) is 40.4 Å². The first kappa shape index (κ1) is 17.3. The van der Waals surface area contributed by atoms with Crippen LogP contribution in [0, 0.1) is 0 Å². The average molecular weight is 340 g/mol. The van der Waals surface area contributed by atoms with Crippen molar-refractivity contribution >= 4 is 5.91 Å². The second-order valence-corrected chi connectivity index (χ2v) is 6.12. The maximum atomic E-state index is 12.7. The number of para-hydroxylation sites is 1. The molecule has 0 aliphatic carbocycles. The molecule has 0 bridgehead atoms. The number of carbonyl (C=O) groups is 1. The number of nitrogens with zero attached hydrogens (tertiary/aromatic N) is 2. The van der Waals surface area contributed by atoms with Gasteiger partial charge in [-0.3, -0.25) is 9.69 Å². The van der Waals surface area contributed by atoms with Gasteiger partial charge in [-0.2, -0.15) is 0 Å². The quantitative estimate of drug-likeness (QED) is 0.839. The number of piperazine rings is 1. The van der Waals surface area contributed by atoms with E-state index in [0.29, 0.717) is 11.3 Å². The van der Waals surface area contributed by atoms with Crippen LogP contribution in [0.15, 0.2) is 48.5 Å². The van der Waals surface area contributed by atoms with Crippen molar-refractivity contribution in [3.05, 3.63) is 59.7 Å². The number of ether oxygens (including phenoxy) is 2. The summed E-state index contributed by atoms with van der Waals surface area (Å²) in [6.45, 7) is 4.03. The van der Waals surface area contributed by atoms with Crippen LogP contribution in [0.3, 0.4) is 0 Å². The van der Waals surface area contributed by atoms with Crippen LogP contribution in [-0.4, -0.2) is 56.1 Å². The molecule has 25 heavy (non-hydrogen) atoms. The fourth-order valence-corrected chi connectivity index (χ4v) is 3.13. The van der Waals surface area contributed by atoms with E-state index in [1.54, 1.807) is 14.2 Å². The topological polar surface area (TPSA) is 42.0 Å². The van der Waals surface area contributed by atoms with Gasteiger partial charge in [0, 0.05) is 32.7 Å². The zero-order chi connectivity index (χ0) is 17.6. The van der Waals surface area contributed by atoms with Gasteiger partial charge in [-0.05, 0) is 29.8 Å². The summed E-state index contributed by atoms with van der Waals surface area (Å²) in [6, 6.07) is 15.5. The van der Waals surface area contributed by atoms with Crippen LogP contribution in [0.5, 0.6) is 11.5 Å². The van der Waals surface area contributed by atoms with Gasteiger partial charge < -0.3 is 14.4 Å². The summed E-state index contributed by atoms with van der Waals surface area (Å²) in [7, 11) is 3.28. The number of amides is 1. The van der Waals surface area contributed by atoms with E-state index in [-0.39, 0.29) is 5.91 Å². The molecule has 0 unspecified atom stereocenters. The second kappa shape index (κ2) is 8.03. The SMILES string of the molecule is COc1cccc(CN2CCN(C(=O)c3ccccc3OC)CC2)c1. The van der Waals surface area contributed by atoms with Crippen LogP contribution in [0.25, 0.3) is 0 Å². The molecule has 0 N–H and O–H groups in total. The molecule has 1 aliphatic rings. The summed E-state index contributed by atoms with van der Waals surface area (Å²) < 4.78 is 10.6. The van der Waals surface area contributed by atoms with Crippen molar-refractivity contribution in [1.82, 2.24) is 9.80 Å². The lowest BCUT2D eigenvalue weighted by Crippen LogP contribution is -2.48. The van der Waals surface area contributed by atoms with E-state index in [4.69, 9.17) is 9.47 Å². The number of methoxy groups -OCH3 is 2. The van der Waals surface area contributed by atoms with E-state index in [1.807, 2.05) is 41.3 Å². The Morgan fingerprint density at radius 1 is 0.960 bits per heavy atom. The molecule has 132 valence electrons. The first-order valence-electron chi connectivity index (χ1n) is 8.49. The Kier molecular flexibility index (Phi) is 5.56. The molecule has 0 saturated carbocycles. The highest BCUT2D eigenvalue weighted by atomic mass is 16.5. The average Bonchev–Trinajstić information content (AvgIpc) is 2.68. The summed E-state index contributed by atoms with van der Waals surface area (Å²) in [5.41, 5.74) is 1.86. The van der Waals surface area contributed by atoms with Gasteiger partial charge in [0.15, 0.2) is 0 Å². The highest BCUT2D eigenvalue weighted by Gasteiger charge is 2.24. The van der Waals surface area contributed by atoms with Crippen LogP contribution in [0.4, 0.5) is 0 Å². The molecule has 0 radical (unpaired) electrons. The molecule has 2 aromatic carbocycles. The minimum Gasteiger partial charge on any atom is -0.497 e. The minimum absolute atomic E-state index is 0.0403. The van der Waals surface area contributed by atoms with Gasteiger partial charge >= 0.3 is 0 Å². The van der Waals surface area contributed by atoms with Crippen molar-refractivity contribution in [2.45, 2.75) is 6.54 Å². The molecule has 5 heteroatoms. The largest absolute Gasteiger partial charge is 0.497 e. The predicted molar refractivity (Wildman–Crippen MR) is 97.2 cm³/mol. The van der Waals surface area contributed by atoms with Crippen LogP contribution < -0.4 is 9.47 Å². The van der Waals surface area contributed by atoms with Gasteiger partial charge in [0.05, 0.1) is 19.8 Å². The van der Waals surface area contributed by atoms with E-state index in [0.717, 1.165) is 38.5 Å². The van der Waals surface area contributed by atoms with Crippen molar-refractivity contribution in [3.63, 3.8) is 0 Å². The fourth-order valence-electron chi connectivity index (χ4n) is 3.13. The number of rotatable bonds is 5. The summed E-state index contributed by atoms with van der Waals surface area (Å²) in [5, 5.41) is 0. The van der Waals surface area contributed by atoms with Crippen molar-refractivity contribution in [1.29, 1.82) is 0 Å². The zero-order valence-electron chi connectivity index (χ0n) is 14.8. The smallest absolute Gasteiger partial charge is 0.257 e. The molecule has 0 spiro atoms. The Morgan fingerprint density at radius 2 is 1.72 bits per heavy atom. The number of hydrogen-bond acceptors (Lipinski definition) is 4. The van der Waals surface area contributed by atoms with E-state index >= 15 is 0 Å². The Morgan fingerprint density at radius 3 is 2.44 bits per heavy atom. The molecular formula is C20H24N2O3. The van der Waals surface area contributed by atoms with E-state index in [2.05, 4.69) is 17.0 Å². The van der Waals surface area contributed by atoms with Crippen molar-refractivity contribution < 1.29 is 14.3 Å². The predicted octanol–water partition coefficient (Wildman–Crippen LogP) is 2.66. The molecule has 1 amide bonds. The monoisotopic (exact) mass is 340 g/mol. The minimum atomic E-state index is 0.0403. The normalized spacial score (nSPS) is 15.0. The van der Waals surface area contributed by atoms with Gasteiger partial charge in [-0.25, -0.2) is 0 Å². The Balaban J connectivity index is 1.59. The number of carbonyl (C=O) groups excluding carboxylic acids is 1. The lowest BCUT2D eigenvalue weighted by atomic mass is 10.1. The summed E-state index contributed by atoms with van der Waals surface area (Å²) in [6.07, 6.45) is 0. The van der Waals surface area contributed by atoms with Crippen LogP contribution in [-0.2, 0) is 6.54 Å². The molecule has 0 atom stereocenters. The molecule has 5 nitrogen and oxygen atoms in total. The van der Waals surface area contributed by atoms with Gasteiger partial charge in [0.2, 0.25) is 0 Å². The van der Waals surface area contributed by atoms with Crippen LogP contribution in [0.2, 0.25) is 0 Å². The third kappa shape index (κ3) is 4.12. The third-order valence-corrected chi connectivity index (χ3v) is 4.54. The maximum Gasteiger partial charge on any atom is 0.257 e. The van der Waals surface area contributed by atoms with Gasteiger partial charge in [-0.15, -0.1) is 0 Å². The van der Waals surface area contributed by atoms with Gasteiger partial charge in [0.1, 0.15) is 11.5 Å². The highest BCUT2D eigenvalue weighted by molar-refractivity contribution is 5.97. The molecule has 1 heterocycles. The Labute approximate surface area is 148 Å². The van der Waals surface area contributed by atoms with E-state index < -0.39 is 0 Å². The molecule has 3 rings (SSSR count). The molecule has 1 saturated heterocycles. The molecule has 0 aromatic heterocycles. The van der Waals surface area contributed by atoms with Crippen LogP contribution >= 0.6 is 0 Å². The Bertz CT molecular complexity index is 724. The molecule has 1 aliphatic heterocycles. The maximum absolute atomic E-state index is 12.7. The molecule has 1 fully saturated rings. The lowest BCUT2D eigenvalue weighted by molar-refractivity contribution is 0.0625. The summed E-state index contributed by atoms with van der Waals surface area (Å²) >= 11 is 0. The standard InChI is InChI=1S/C20H24N2O3/c1-24-17-7-5-6-16(14-17)15-21-10-12-22(13-11-21)20(23)18-8-3-4-9-19(18)25-2/h3-9,14H,10-13,15H2,1-2H3. The van der Waals surface area contributed by atoms with E-state index in [1.165, 1.54) is 5.56 Å². The first-order chi connectivity index (χ1) is 12.2. The lowest BCUT2D eigenvalue weighted by Gasteiger charge is -2.35. The zero-order valence-corrected chi connectivity index (χ0v) is 14.8. The highest BCUT2D eigenvalue weighted by Crippen LogP contribution is 2.21. The van der Waals surface area contributed by atoms with Gasteiger partial charge in [-0.1, -0.05) is 24.3 Å². The first-order valence-corrected chi connectivity index (χ1v) is 8.49. The fraction of sp³-hybridized carbons (Fsp3) is 0.350. The number of hydrogen-bond donors (Lipinski definition) is 0. The third-order valence-electron chi connectivity index (χ3n) is 4.54. The van der Waals surface area contributed by atoms with Gasteiger partial charge in [0.25, 0.3) is 5.91 Å². The second-order valence-electron chi connectivity index (χ2n) is 6.12. The summed E-state index contributed by atoms with van der Waals surface area (Å²) in [4.78, 5) is 17.0. The number of benzene rings is 2. The van der Waals surface area contributed by atoms with E-state index in [9.17, 15) is 4.79 Å². The molecule has 2 aromatic rings. The molecular weight excluding hydrogens is 316 g/mol. The van der Waals surface area contributed by atoms with Crippen LogP contribution in [0.1, 0.15) is 15.9 Å². The Hall–Kier alpha value is -2.53. The van der Waals surface area contributed by atoms with Crippen molar-refractivity contribution in [3.8, 4) is 11.5 Å². The summed E-state index contributed by atoms with van der Waals surface area (Å²) in [5.74, 6) is 1.55.